The Morgan fingerprint density at radius 3 is 2.80 bits per heavy atom. The summed E-state index contributed by atoms with van der Waals surface area (Å²) in [6, 6.07) is 2.66. The normalized spacial score (nSPS) is 29.6. The summed E-state index contributed by atoms with van der Waals surface area (Å²) < 4.78 is 28.5. The molecule has 4 fully saturated rings. The molecule has 2 aliphatic carbocycles. The van der Waals surface area contributed by atoms with Crippen molar-refractivity contribution < 1.29 is 18.7 Å². The first-order valence-electron chi connectivity index (χ1n) is 12.1. The second kappa shape index (κ2) is 7.61. The number of imidazole rings is 1. The fraction of sp³-hybridized carbons (Fsp3) is 0.520. The average Bonchev–Trinajstić information content (AvgIpc) is 3.11. The van der Waals surface area contributed by atoms with Crippen LogP contribution < -0.4 is 15.6 Å². The van der Waals surface area contributed by atoms with Gasteiger partial charge in [-0.3, -0.25) is 14.0 Å². The van der Waals surface area contributed by atoms with E-state index in [0.717, 1.165) is 25.0 Å². The highest BCUT2D eigenvalue weighted by Gasteiger charge is 2.61. The van der Waals surface area contributed by atoms with Gasteiger partial charge in [-0.15, -0.1) is 0 Å². The van der Waals surface area contributed by atoms with E-state index in [4.69, 9.17) is 14.5 Å². The van der Waals surface area contributed by atoms with Crippen LogP contribution in [0.1, 0.15) is 68.5 Å². The van der Waals surface area contributed by atoms with Crippen molar-refractivity contribution in [1.82, 2.24) is 18.9 Å². The van der Waals surface area contributed by atoms with Gasteiger partial charge >= 0.3 is 0 Å². The fourth-order valence-electron chi connectivity index (χ4n) is 5.33. The zero-order valence-corrected chi connectivity index (χ0v) is 20.0. The number of alkyl halides is 1. The van der Waals surface area contributed by atoms with Gasteiger partial charge in [0.25, 0.3) is 11.5 Å². The molecule has 9 nitrogen and oxygen atoms in total. The first kappa shape index (κ1) is 22.2. The zero-order chi connectivity index (χ0) is 24.5. The second-order valence-electron chi connectivity index (χ2n) is 10.4. The minimum Gasteiger partial charge on any atom is -0.474 e. The van der Waals surface area contributed by atoms with Crippen molar-refractivity contribution in [2.24, 2.45) is 0 Å². The van der Waals surface area contributed by atoms with Gasteiger partial charge in [0.15, 0.2) is 0 Å². The molecule has 3 atom stereocenters. The lowest BCUT2D eigenvalue weighted by Crippen LogP contribution is -2.45. The van der Waals surface area contributed by atoms with Gasteiger partial charge in [0.2, 0.25) is 11.7 Å². The maximum atomic E-state index is 13.5. The maximum Gasteiger partial charge on any atom is 0.274 e. The van der Waals surface area contributed by atoms with Crippen LogP contribution >= 0.6 is 0 Å². The number of hydrogen-bond donors (Lipinski definition) is 1. The van der Waals surface area contributed by atoms with E-state index in [9.17, 15) is 14.0 Å². The highest BCUT2D eigenvalue weighted by atomic mass is 19.1. The van der Waals surface area contributed by atoms with Gasteiger partial charge in [-0.25, -0.2) is 9.37 Å². The number of carbonyl (C=O) groups is 1. The summed E-state index contributed by atoms with van der Waals surface area (Å²) in [7, 11) is 0. The second-order valence-corrected chi connectivity index (χ2v) is 10.4. The van der Waals surface area contributed by atoms with Crippen molar-refractivity contribution >= 4 is 17.4 Å². The molecule has 2 saturated heterocycles. The first-order chi connectivity index (χ1) is 16.7. The summed E-state index contributed by atoms with van der Waals surface area (Å²) in [6.07, 6.45) is 6.71. The van der Waals surface area contributed by atoms with Crippen molar-refractivity contribution in [2.45, 2.75) is 75.8 Å². The summed E-state index contributed by atoms with van der Waals surface area (Å²) in [5.74, 6) is 0.0610. The van der Waals surface area contributed by atoms with Crippen LogP contribution in [0, 0.1) is 0 Å². The Morgan fingerprint density at radius 1 is 1.37 bits per heavy atom. The van der Waals surface area contributed by atoms with Gasteiger partial charge in [0, 0.05) is 30.4 Å². The highest BCUT2D eigenvalue weighted by molar-refractivity contribution is 6.05. The van der Waals surface area contributed by atoms with Crippen molar-refractivity contribution in [3.63, 3.8) is 0 Å². The van der Waals surface area contributed by atoms with Gasteiger partial charge in [0.1, 0.15) is 17.4 Å². The van der Waals surface area contributed by atoms with E-state index >= 15 is 0 Å². The monoisotopic (exact) mass is 481 g/mol. The van der Waals surface area contributed by atoms with E-state index in [0.29, 0.717) is 18.8 Å². The van der Waals surface area contributed by atoms with Crippen LogP contribution in [0.25, 0.3) is 5.78 Å². The third kappa shape index (κ3) is 3.62. The number of ether oxygens (including phenoxy) is 2. The van der Waals surface area contributed by atoms with Crippen molar-refractivity contribution in [3.05, 3.63) is 52.3 Å². The van der Waals surface area contributed by atoms with Crippen LogP contribution in [-0.4, -0.2) is 49.3 Å². The molecule has 10 heteroatoms. The van der Waals surface area contributed by atoms with E-state index in [1.165, 1.54) is 16.8 Å². The molecule has 7 rings (SSSR count). The molecule has 2 saturated carbocycles. The van der Waals surface area contributed by atoms with E-state index < -0.39 is 23.7 Å². The Labute approximate surface area is 201 Å². The molecule has 3 unspecified atom stereocenters. The fourth-order valence-corrected chi connectivity index (χ4v) is 5.33. The minimum atomic E-state index is -1.03. The molecule has 184 valence electrons. The van der Waals surface area contributed by atoms with Gasteiger partial charge in [-0.2, -0.15) is 4.98 Å². The van der Waals surface area contributed by atoms with Crippen molar-refractivity contribution in [1.29, 1.82) is 0 Å². The maximum absolute atomic E-state index is 13.5. The Kier molecular flexibility index (Phi) is 4.83. The lowest BCUT2D eigenvalue weighted by atomic mass is 9.62. The Balaban J connectivity index is 1.35. The number of fused-ring (bicyclic) bond motifs is 2. The van der Waals surface area contributed by atoms with Crippen molar-refractivity contribution in [3.8, 4) is 5.88 Å². The number of hydrogen-bond acceptors (Lipinski definition) is 6. The minimum absolute atomic E-state index is 0.0771. The van der Waals surface area contributed by atoms with Crippen LogP contribution in [0.15, 0.2) is 35.5 Å². The van der Waals surface area contributed by atoms with Gasteiger partial charge in [-0.1, -0.05) is 6.92 Å². The largest absolute Gasteiger partial charge is 0.474 e. The average molecular weight is 482 g/mol. The molecule has 1 amide bonds. The molecule has 4 aliphatic rings. The van der Waals surface area contributed by atoms with Crippen LogP contribution in [0.5, 0.6) is 5.88 Å². The molecule has 3 aromatic heterocycles. The number of nitrogens with zero attached hydrogens (tertiary/aromatic N) is 4. The summed E-state index contributed by atoms with van der Waals surface area (Å²) in [4.78, 5) is 35.4. The number of halogens is 1. The number of pyridine rings is 1. The smallest absolute Gasteiger partial charge is 0.274 e. The third-order valence-electron chi connectivity index (χ3n) is 7.47. The quantitative estimate of drug-likeness (QED) is 0.555. The molecule has 1 N–H and O–H groups in total. The Hall–Kier alpha value is -3.27. The molecule has 0 spiro atoms. The van der Waals surface area contributed by atoms with E-state index in [-0.39, 0.29) is 34.3 Å². The summed E-state index contributed by atoms with van der Waals surface area (Å²) >= 11 is 0. The predicted octanol–water partition coefficient (Wildman–Crippen LogP) is 3.42. The molecule has 2 bridgehead atoms. The van der Waals surface area contributed by atoms with E-state index in [1.54, 1.807) is 16.7 Å². The van der Waals surface area contributed by atoms with Gasteiger partial charge < -0.3 is 19.4 Å². The molecule has 0 radical (unpaired) electrons. The van der Waals surface area contributed by atoms with Crippen LogP contribution in [0.3, 0.4) is 0 Å². The molecule has 0 aromatic carbocycles. The van der Waals surface area contributed by atoms with E-state index in [2.05, 4.69) is 17.2 Å². The molecule has 3 aromatic rings. The lowest BCUT2D eigenvalue weighted by molar-refractivity contribution is 0.0154. The highest BCUT2D eigenvalue weighted by Crippen LogP contribution is 2.58. The van der Waals surface area contributed by atoms with Crippen molar-refractivity contribution in [2.75, 3.05) is 11.9 Å². The number of aromatic nitrogens is 4. The Morgan fingerprint density at radius 2 is 2.14 bits per heavy atom. The number of rotatable bonds is 7. The molecule has 2 aliphatic heterocycles. The SMILES string of the molecule is CCC(C)Oc1nc2nc(C34COC(C)(C3)C4)cn2cc1C(=O)Nc1cccn(C2CC2F)c1=O. The molecular weight excluding hydrogens is 453 g/mol. The van der Waals surface area contributed by atoms with Gasteiger partial charge in [0.05, 0.1) is 30.0 Å². The number of nitrogens with one attached hydrogen (secondary N) is 1. The van der Waals surface area contributed by atoms with Crippen LogP contribution in [-0.2, 0) is 10.2 Å². The van der Waals surface area contributed by atoms with E-state index in [1.807, 2.05) is 20.0 Å². The first-order valence-corrected chi connectivity index (χ1v) is 12.1. The predicted molar refractivity (Wildman–Crippen MR) is 126 cm³/mol. The topological polar surface area (TPSA) is 99.8 Å². The summed E-state index contributed by atoms with van der Waals surface area (Å²) in [6.45, 7) is 6.61. The summed E-state index contributed by atoms with van der Waals surface area (Å²) in [5, 5.41) is 2.67. The van der Waals surface area contributed by atoms with Gasteiger partial charge in [-0.05, 0) is 45.2 Å². The third-order valence-corrected chi connectivity index (χ3v) is 7.47. The number of carbonyl (C=O) groups excluding carboxylic acids is 1. The molecular formula is C25H28FN5O4. The number of amides is 1. The summed E-state index contributed by atoms with van der Waals surface area (Å²) in [5.41, 5.74) is 0.517. The molecule has 5 heterocycles. The number of anilines is 1. The van der Waals surface area contributed by atoms with Crippen LogP contribution in [0.2, 0.25) is 0 Å². The lowest BCUT2D eigenvalue weighted by Gasteiger charge is -2.41. The standard InChI is InChI=1S/C25H28FN5O4/c1-4-14(2)35-21-15(20(32)27-17-6-5-7-31(22(17)33)18-8-16(18)26)9-30-10-19(28-23(30)29-21)25-11-24(3,12-25)34-13-25/h5-7,9-10,14,16,18H,4,8,11-13H2,1-3H3,(H,27,32). The Bertz CT molecular complexity index is 1390. The zero-order valence-electron chi connectivity index (χ0n) is 20.0. The van der Waals surface area contributed by atoms with Crippen LogP contribution in [0.4, 0.5) is 10.1 Å². The molecule has 35 heavy (non-hydrogen) atoms.